The number of rotatable bonds is 6. The third-order valence-electron chi connectivity index (χ3n) is 3.91. The maximum absolute atomic E-state index is 13.4. The number of carbonyl (C=O) groups excluding carboxylic acids is 1. The number of halogens is 1. The van der Waals surface area contributed by atoms with Gasteiger partial charge in [0.05, 0.1) is 5.56 Å². The van der Waals surface area contributed by atoms with Crippen LogP contribution in [0.5, 0.6) is 0 Å². The predicted octanol–water partition coefficient (Wildman–Crippen LogP) is 2.28. The van der Waals surface area contributed by atoms with Crippen molar-refractivity contribution in [3.8, 4) is 0 Å². The number of hydrogen-bond acceptors (Lipinski definition) is 3. The van der Waals surface area contributed by atoms with Crippen LogP contribution in [0, 0.1) is 5.82 Å². The molecule has 0 aliphatic carbocycles. The molecule has 1 fully saturated rings. The Kier molecular flexibility index (Phi) is 5.56. The highest BCUT2D eigenvalue weighted by Crippen LogP contribution is 2.23. The van der Waals surface area contributed by atoms with Crippen LogP contribution in [-0.2, 0) is 0 Å². The van der Waals surface area contributed by atoms with Gasteiger partial charge in [0, 0.05) is 24.8 Å². The second kappa shape index (κ2) is 7.41. The highest BCUT2D eigenvalue weighted by Gasteiger charge is 2.20. The lowest BCUT2D eigenvalue weighted by Gasteiger charge is -2.32. The monoisotopic (exact) mass is 293 g/mol. The van der Waals surface area contributed by atoms with E-state index >= 15 is 0 Å². The number of hydrogen-bond donors (Lipinski definition) is 2. The van der Waals surface area contributed by atoms with Crippen molar-refractivity contribution in [1.82, 2.24) is 5.32 Å². The van der Waals surface area contributed by atoms with Gasteiger partial charge < -0.3 is 16.0 Å². The van der Waals surface area contributed by atoms with Gasteiger partial charge in [0.2, 0.25) is 0 Å². The first kappa shape index (κ1) is 15.8. The number of primary amides is 1. The zero-order valence-electron chi connectivity index (χ0n) is 12.6. The van der Waals surface area contributed by atoms with E-state index in [1.165, 1.54) is 25.0 Å². The molecule has 3 N–H and O–H groups in total. The fourth-order valence-corrected chi connectivity index (χ4v) is 2.91. The molecule has 1 heterocycles. The standard InChI is InChI=1S/C16H24FN3O/c1-2-9-20(11-13-5-3-4-8-19-13)15-7-6-12(17)10-14(15)16(18)21/h6-7,10,13,19H,2-5,8-9,11H2,1H3,(H2,18,21). The summed E-state index contributed by atoms with van der Waals surface area (Å²) in [4.78, 5) is 13.7. The molecular weight excluding hydrogens is 269 g/mol. The lowest BCUT2D eigenvalue weighted by Crippen LogP contribution is -2.44. The Morgan fingerprint density at radius 2 is 2.29 bits per heavy atom. The van der Waals surface area contributed by atoms with Gasteiger partial charge in [-0.1, -0.05) is 13.3 Å². The van der Waals surface area contributed by atoms with Gasteiger partial charge in [-0.2, -0.15) is 0 Å². The molecule has 0 spiro atoms. The molecule has 2 rings (SSSR count). The summed E-state index contributed by atoms with van der Waals surface area (Å²) in [5, 5.41) is 3.51. The van der Waals surface area contributed by atoms with E-state index in [0.29, 0.717) is 6.04 Å². The summed E-state index contributed by atoms with van der Waals surface area (Å²) in [6.45, 7) is 4.77. The first-order valence-electron chi connectivity index (χ1n) is 7.69. The summed E-state index contributed by atoms with van der Waals surface area (Å²) < 4.78 is 13.4. The summed E-state index contributed by atoms with van der Waals surface area (Å²) in [6, 6.07) is 4.69. The third-order valence-corrected chi connectivity index (χ3v) is 3.91. The fraction of sp³-hybridized carbons (Fsp3) is 0.562. The molecule has 4 nitrogen and oxygen atoms in total. The van der Waals surface area contributed by atoms with Crippen LogP contribution in [0.1, 0.15) is 43.0 Å². The topological polar surface area (TPSA) is 58.4 Å². The Balaban J connectivity index is 2.22. The van der Waals surface area contributed by atoms with E-state index in [0.717, 1.165) is 38.2 Å². The van der Waals surface area contributed by atoms with Crippen molar-refractivity contribution in [3.05, 3.63) is 29.6 Å². The summed E-state index contributed by atoms with van der Waals surface area (Å²) in [6.07, 6.45) is 4.53. The van der Waals surface area contributed by atoms with Crippen LogP contribution in [0.25, 0.3) is 0 Å². The minimum Gasteiger partial charge on any atom is -0.369 e. The van der Waals surface area contributed by atoms with Gasteiger partial charge >= 0.3 is 0 Å². The van der Waals surface area contributed by atoms with E-state index in [1.54, 1.807) is 6.07 Å². The normalized spacial score (nSPS) is 18.5. The molecule has 1 atom stereocenters. The van der Waals surface area contributed by atoms with E-state index in [9.17, 15) is 9.18 Å². The minimum absolute atomic E-state index is 0.263. The Morgan fingerprint density at radius 1 is 1.48 bits per heavy atom. The molecule has 0 bridgehead atoms. The summed E-state index contributed by atoms with van der Waals surface area (Å²) >= 11 is 0. The van der Waals surface area contributed by atoms with Crippen molar-refractivity contribution < 1.29 is 9.18 Å². The van der Waals surface area contributed by atoms with Crippen LogP contribution >= 0.6 is 0 Å². The number of nitrogens with one attached hydrogen (secondary N) is 1. The molecule has 1 aliphatic heterocycles. The van der Waals surface area contributed by atoms with Crippen LogP contribution in [0.2, 0.25) is 0 Å². The van der Waals surface area contributed by atoms with Crippen LogP contribution in [0.3, 0.4) is 0 Å². The average Bonchev–Trinajstić information content (AvgIpc) is 2.48. The van der Waals surface area contributed by atoms with E-state index < -0.39 is 11.7 Å². The van der Waals surface area contributed by atoms with Crippen molar-refractivity contribution in [2.75, 3.05) is 24.5 Å². The molecule has 0 saturated carbocycles. The van der Waals surface area contributed by atoms with Crippen LogP contribution in [0.15, 0.2) is 18.2 Å². The minimum atomic E-state index is -0.581. The molecule has 1 unspecified atom stereocenters. The summed E-state index contributed by atoms with van der Waals surface area (Å²) in [5.74, 6) is -1.01. The first-order chi connectivity index (χ1) is 10.1. The molecule has 21 heavy (non-hydrogen) atoms. The fourth-order valence-electron chi connectivity index (χ4n) is 2.91. The van der Waals surface area contributed by atoms with Crippen LogP contribution in [0.4, 0.5) is 10.1 Å². The predicted molar refractivity (Wildman–Crippen MR) is 83.1 cm³/mol. The molecule has 0 radical (unpaired) electrons. The van der Waals surface area contributed by atoms with Crippen molar-refractivity contribution in [2.45, 2.75) is 38.6 Å². The Bertz CT molecular complexity index is 486. The van der Waals surface area contributed by atoms with E-state index in [4.69, 9.17) is 5.73 Å². The largest absolute Gasteiger partial charge is 0.369 e. The number of piperidine rings is 1. The second-order valence-corrected chi connectivity index (χ2v) is 5.62. The zero-order valence-corrected chi connectivity index (χ0v) is 12.6. The second-order valence-electron chi connectivity index (χ2n) is 5.62. The van der Waals surface area contributed by atoms with Gasteiger partial charge in [-0.25, -0.2) is 4.39 Å². The molecular formula is C16H24FN3O. The Labute approximate surface area is 125 Å². The van der Waals surface area contributed by atoms with E-state index in [1.807, 2.05) is 0 Å². The van der Waals surface area contributed by atoms with Gasteiger partial charge in [0.25, 0.3) is 5.91 Å². The van der Waals surface area contributed by atoms with Crippen molar-refractivity contribution in [1.29, 1.82) is 0 Å². The molecule has 5 heteroatoms. The summed E-state index contributed by atoms with van der Waals surface area (Å²) in [5.41, 5.74) is 6.40. The zero-order chi connectivity index (χ0) is 15.2. The smallest absolute Gasteiger partial charge is 0.250 e. The van der Waals surface area contributed by atoms with Gasteiger partial charge in [0.1, 0.15) is 5.82 Å². The average molecular weight is 293 g/mol. The summed E-state index contributed by atoms with van der Waals surface area (Å²) in [7, 11) is 0. The van der Waals surface area contributed by atoms with Gasteiger partial charge in [-0.3, -0.25) is 4.79 Å². The highest BCUT2D eigenvalue weighted by molar-refractivity contribution is 5.98. The molecule has 116 valence electrons. The Hall–Kier alpha value is -1.62. The first-order valence-corrected chi connectivity index (χ1v) is 7.69. The molecule has 0 aromatic heterocycles. The van der Waals surface area contributed by atoms with Crippen molar-refractivity contribution >= 4 is 11.6 Å². The van der Waals surface area contributed by atoms with Gasteiger partial charge in [-0.05, 0) is 44.0 Å². The number of nitrogens with zero attached hydrogens (tertiary/aromatic N) is 1. The van der Waals surface area contributed by atoms with Crippen LogP contribution < -0.4 is 16.0 Å². The third kappa shape index (κ3) is 4.17. The molecule has 1 aromatic carbocycles. The molecule has 1 aliphatic rings. The number of anilines is 1. The number of benzene rings is 1. The highest BCUT2D eigenvalue weighted by atomic mass is 19.1. The van der Waals surface area contributed by atoms with Crippen molar-refractivity contribution in [2.24, 2.45) is 5.73 Å². The lowest BCUT2D eigenvalue weighted by molar-refractivity contribution is 0.1000. The number of amides is 1. The molecule has 1 amide bonds. The lowest BCUT2D eigenvalue weighted by atomic mass is 10.0. The van der Waals surface area contributed by atoms with Gasteiger partial charge in [0.15, 0.2) is 0 Å². The van der Waals surface area contributed by atoms with E-state index in [-0.39, 0.29) is 5.56 Å². The van der Waals surface area contributed by atoms with Crippen LogP contribution in [-0.4, -0.2) is 31.6 Å². The molecule has 1 saturated heterocycles. The Morgan fingerprint density at radius 3 is 2.90 bits per heavy atom. The van der Waals surface area contributed by atoms with E-state index in [2.05, 4.69) is 17.1 Å². The maximum atomic E-state index is 13.4. The SMILES string of the molecule is CCCN(CC1CCCCN1)c1ccc(F)cc1C(N)=O. The number of carbonyl (C=O) groups is 1. The molecule has 1 aromatic rings. The number of nitrogens with two attached hydrogens (primary N) is 1. The van der Waals surface area contributed by atoms with Gasteiger partial charge in [-0.15, -0.1) is 0 Å². The quantitative estimate of drug-likeness (QED) is 0.846. The van der Waals surface area contributed by atoms with Crippen molar-refractivity contribution in [3.63, 3.8) is 0 Å². The maximum Gasteiger partial charge on any atom is 0.250 e.